The van der Waals surface area contributed by atoms with Gasteiger partial charge in [0, 0.05) is 30.7 Å². The zero-order valence-corrected chi connectivity index (χ0v) is 16.3. The van der Waals surface area contributed by atoms with E-state index < -0.39 is 0 Å². The molecular weight excluding hydrogens is 360 g/mol. The van der Waals surface area contributed by atoms with Crippen LogP contribution in [0.15, 0.2) is 54.6 Å². The first-order valence-corrected chi connectivity index (χ1v) is 9.59. The second-order valence-electron chi connectivity index (χ2n) is 6.73. The maximum atomic E-state index is 12.5. The number of benzene rings is 2. The van der Waals surface area contributed by atoms with E-state index in [-0.39, 0.29) is 11.9 Å². The Morgan fingerprint density at radius 2 is 1.96 bits per heavy atom. The molecule has 1 N–H and O–H groups in total. The van der Waals surface area contributed by atoms with Crippen molar-refractivity contribution in [2.24, 2.45) is 0 Å². The Morgan fingerprint density at radius 1 is 1.22 bits per heavy atom. The minimum Gasteiger partial charge on any atom is -0.379 e. The predicted molar refractivity (Wildman–Crippen MR) is 110 cm³/mol. The molecule has 2 aromatic carbocycles. The molecule has 1 fully saturated rings. The molecule has 5 heteroatoms. The molecule has 0 spiro atoms. The number of carbonyl (C=O) groups excluding carboxylic acids is 1. The van der Waals surface area contributed by atoms with Gasteiger partial charge in [0.1, 0.15) is 0 Å². The molecule has 1 aliphatic heterocycles. The summed E-state index contributed by atoms with van der Waals surface area (Å²) < 4.78 is 5.42. The van der Waals surface area contributed by atoms with Gasteiger partial charge < -0.3 is 10.1 Å². The van der Waals surface area contributed by atoms with Gasteiger partial charge in [-0.15, -0.1) is 0 Å². The van der Waals surface area contributed by atoms with E-state index in [4.69, 9.17) is 16.3 Å². The molecule has 0 saturated carbocycles. The van der Waals surface area contributed by atoms with E-state index in [1.807, 2.05) is 43.3 Å². The Hall–Kier alpha value is -2.14. The number of rotatable bonds is 6. The predicted octanol–water partition coefficient (Wildman–Crippen LogP) is 3.85. The molecular formula is C22H25ClN2O2. The van der Waals surface area contributed by atoms with Crippen LogP contribution in [0.5, 0.6) is 0 Å². The van der Waals surface area contributed by atoms with Crippen molar-refractivity contribution < 1.29 is 9.53 Å². The maximum absolute atomic E-state index is 12.5. The van der Waals surface area contributed by atoms with E-state index >= 15 is 0 Å². The summed E-state index contributed by atoms with van der Waals surface area (Å²) in [5, 5.41) is 3.84. The number of halogens is 1. The Balaban J connectivity index is 1.67. The van der Waals surface area contributed by atoms with Gasteiger partial charge in [0.2, 0.25) is 5.91 Å². The third-order valence-electron chi connectivity index (χ3n) is 4.69. The van der Waals surface area contributed by atoms with Crippen LogP contribution >= 0.6 is 11.6 Å². The Labute approximate surface area is 165 Å². The minimum atomic E-state index is -0.117. The lowest BCUT2D eigenvalue weighted by Crippen LogP contribution is -2.42. The smallest absolute Gasteiger partial charge is 0.244 e. The highest BCUT2D eigenvalue weighted by molar-refractivity contribution is 6.31. The van der Waals surface area contributed by atoms with Crippen LogP contribution in [0, 0.1) is 6.92 Å². The molecule has 1 amide bonds. The fourth-order valence-corrected chi connectivity index (χ4v) is 3.26. The lowest BCUT2D eigenvalue weighted by Gasteiger charge is -2.31. The van der Waals surface area contributed by atoms with Crippen LogP contribution in [0.1, 0.15) is 22.7 Å². The summed E-state index contributed by atoms with van der Waals surface area (Å²) in [4.78, 5) is 14.8. The van der Waals surface area contributed by atoms with E-state index in [0.29, 0.717) is 5.02 Å². The summed E-state index contributed by atoms with van der Waals surface area (Å²) >= 11 is 6.15. The van der Waals surface area contributed by atoms with Gasteiger partial charge in [-0.05, 0) is 35.8 Å². The Bertz CT molecular complexity index is 786. The SMILES string of the molecule is Cc1ccc(/C=C/C(=O)N[C@@H](CN2CCOCC2)c2ccccc2)cc1Cl. The first kappa shape index (κ1) is 19.6. The molecule has 0 radical (unpaired) electrons. The summed E-state index contributed by atoms with van der Waals surface area (Å²) in [6.07, 6.45) is 3.35. The molecule has 1 aliphatic rings. The number of nitrogens with one attached hydrogen (secondary N) is 1. The third kappa shape index (κ3) is 5.93. The molecule has 0 unspecified atom stereocenters. The van der Waals surface area contributed by atoms with Crippen LogP contribution in [0.4, 0.5) is 0 Å². The third-order valence-corrected chi connectivity index (χ3v) is 5.09. The average molecular weight is 385 g/mol. The molecule has 4 nitrogen and oxygen atoms in total. The van der Waals surface area contributed by atoms with Gasteiger partial charge in [-0.1, -0.05) is 54.1 Å². The maximum Gasteiger partial charge on any atom is 0.244 e. The standard InChI is InChI=1S/C22H25ClN2O2/c1-17-7-8-18(15-20(17)23)9-10-22(26)24-21(19-5-3-2-4-6-19)16-25-11-13-27-14-12-25/h2-10,15,21H,11-14,16H2,1H3,(H,24,26)/b10-9+/t21-/m0/s1. The first-order chi connectivity index (χ1) is 13.1. The quantitative estimate of drug-likeness (QED) is 0.769. The van der Waals surface area contributed by atoms with Gasteiger partial charge in [0.15, 0.2) is 0 Å². The molecule has 0 aliphatic carbocycles. The Kier molecular flexibility index (Phi) is 7.04. The van der Waals surface area contributed by atoms with Gasteiger partial charge in [-0.3, -0.25) is 9.69 Å². The van der Waals surface area contributed by atoms with Gasteiger partial charge in [-0.25, -0.2) is 0 Å². The molecule has 27 heavy (non-hydrogen) atoms. The molecule has 2 aromatic rings. The largest absolute Gasteiger partial charge is 0.379 e. The first-order valence-electron chi connectivity index (χ1n) is 9.21. The molecule has 3 rings (SSSR count). The number of hydrogen-bond acceptors (Lipinski definition) is 3. The van der Waals surface area contributed by atoms with Crippen molar-refractivity contribution in [1.29, 1.82) is 0 Å². The molecule has 0 aromatic heterocycles. The normalized spacial score (nSPS) is 16.4. The van der Waals surface area contributed by atoms with Crippen molar-refractivity contribution in [3.8, 4) is 0 Å². The number of aryl methyl sites for hydroxylation is 1. The van der Waals surface area contributed by atoms with Crippen LogP contribution < -0.4 is 5.32 Å². The summed E-state index contributed by atoms with van der Waals surface area (Å²) in [7, 11) is 0. The summed E-state index contributed by atoms with van der Waals surface area (Å²) in [5.74, 6) is -0.117. The highest BCUT2D eigenvalue weighted by Crippen LogP contribution is 2.18. The van der Waals surface area contributed by atoms with Crippen LogP contribution in [0.3, 0.4) is 0 Å². The fraction of sp³-hybridized carbons (Fsp3) is 0.318. The van der Waals surface area contributed by atoms with E-state index in [0.717, 1.165) is 49.5 Å². The topological polar surface area (TPSA) is 41.6 Å². The molecule has 1 saturated heterocycles. The summed E-state index contributed by atoms with van der Waals surface area (Å²) in [5.41, 5.74) is 3.03. The van der Waals surface area contributed by atoms with Gasteiger partial charge in [-0.2, -0.15) is 0 Å². The number of amides is 1. The van der Waals surface area contributed by atoms with Crippen molar-refractivity contribution in [1.82, 2.24) is 10.2 Å². The number of nitrogens with zero attached hydrogens (tertiary/aromatic N) is 1. The average Bonchev–Trinajstić information content (AvgIpc) is 2.70. The highest BCUT2D eigenvalue weighted by Gasteiger charge is 2.19. The van der Waals surface area contributed by atoms with Crippen LogP contribution in [-0.4, -0.2) is 43.7 Å². The van der Waals surface area contributed by atoms with Gasteiger partial charge in [0.05, 0.1) is 19.3 Å². The zero-order chi connectivity index (χ0) is 19.1. The summed E-state index contributed by atoms with van der Waals surface area (Å²) in [6.45, 7) is 5.98. The molecule has 0 bridgehead atoms. The van der Waals surface area contributed by atoms with Gasteiger partial charge >= 0.3 is 0 Å². The van der Waals surface area contributed by atoms with E-state index in [2.05, 4.69) is 22.3 Å². The second-order valence-corrected chi connectivity index (χ2v) is 7.13. The van der Waals surface area contributed by atoms with E-state index in [9.17, 15) is 4.79 Å². The van der Waals surface area contributed by atoms with Crippen molar-refractivity contribution in [2.75, 3.05) is 32.8 Å². The Morgan fingerprint density at radius 3 is 2.67 bits per heavy atom. The van der Waals surface area contributed by atoms with E-state index in [1.165, 1.54) is 0 Å². The highest BCUT2D eigenvalue weighted by atomic mass is 35.5. The van der Waals surface area contributed by atoms with Crippen LogP contribution in [0.25, 0.3) is 6.08 Å². The monoisotopic (exact) mass is 384 g/mol. The number of ether oxygens (including phenoxy) is 1. The fourth-order valence-electron chi connectivity index (χ4n) is 3.07. The van der Waals surface area contributed by atoms with Gasteiger partial charge in [0.25, 0.3) is 0 Å². The van der Waals surface area contributed by atoms with Crippen molar-refractivity contribution >= 4 is 23.6 Å². The molecule has 1 atom stereocenters. The molecule has 1 heterocycles. The lowest BCUT2D eigenvalue weighted by atomic mass is 10.1. The number of hydrogen-bond donors (Lipinski definition) is 1. The van der Waals surface area contributed by atoms with Crippen LogP contribution in [0.2, 0.25) is 5.02 Å². The van der Waals surface area contributed by atoms with Crippen molar-refractivity contribution in [3.05, 3.63) is 76.3 Å². The van der Waals surface area contributed by atoms with Crippen molar-refractivity contribution in [2.45, 2.75) is 13.0 Å². The number of carbonyl (C=O) groups is 1. The minimum absolute atomic E-state index is 0.0666. The number of morpholine rings is 1. The van der Waals surface area contributed by atoms with Crippen LogP contribution in [-0.2, 0) is 9.53 Å². The lowest BCUT2D eigenvalue weighted by molar-refractivity contribution is -0.117. The van der Waals surface area contributed by atoms with Crippen molar-refractivity contribution in [3.63, 3.8) is 0 Å². The zero-order valence-electron chi connectivity index (χ0n) is 15.5. The summed E-state index contributed by atoms with van der Waals surface area (Å²) in [6, 6.07) is 15.8. The van der Waals surface area contributed by atoms with E-state index in [1.54, 1.807) is 12.2 Å². The molecule has 142 valence electrons. The second kappa shape index (κ2) is 9.70.